The van der Waals surface area contributed by atoms with E-state index in [9.17, 15) is 14.4 Å². The van der Waals surface area contributed by atoms with Crippen molar-refractivity contribution in [1.82, 2.24) is 10.6 Å². The molecule has 0 aromatic heterocycles. The summed E-state index contributed by atoms with van der Waals surface area (Å²) in [7, 11) is 1.79. The molecule has 0 radical (unpaired) electrons. The number of hydrogen-bond acceptors (Lipinski definition) is 5. The Kier molecular flexibility index (Phi) is 5.42. The molecule has 1 aliphatic carbocycles. The van der Waals surface area contributed by atoms with Crippen LogP contribution in [0.2, 0.25) is 0 Å². The van der Waals surface area contributed by atoms with Crippen LogP contribution in [0.5, 0.6) is 0 Å². The lowest BCUT2D eigenvalue weighted by molar-refractivity contribution is -0.126. The minimum Gasteiger partial charge on any atom is -0.374 e. The van der Waals surface area contributed by atoms with E-state index in [-0.39, 0.29) is 41.5 Å². The van der Waals surface area contributed by atoms with Crippen LogP contribution in [-0.2, 0) is 14.4 Å². The zero-order valence-corrected chi connectivity index (χ0v) is 17.8. The second kappa shape index (κ2) is 7.86. The van der Waals surface area contributed by atoms with E-state index < -0.39 is 0 Å². The summed E-state index contributed by atoms with van der Waals surface area (Å²) < 4.78 is 0. The molecular formula is C22H27N3O3S. The van der Waals surface area contributed by atoms with Gasteiger partial charge in [-0.05, 0) is 36.6 Å². The van der Waals surface area contributed by atoms with Gasteiger partial charge in [-0.3, -0.25) is 14.4 Å². The molecule has 1 saturated heterocycles. The Morgan fingerprint density at radius 1 is 1.17 bits per heavy atom. The number of allylic oxidation sites excluding steroid dienone is 1. The number of benzene rings is 1. The van der Waals surface area contributed by atoms with Crippen LogP contribution >= 0.6 is 11.8 Å². The number of anilines is 1. The average Bonchev–Trinajstić information content (AvgIpc) is 3.24. The third-order valence-electron chi connectivity index (χ3n) is 6.36. The molecule has 2 N–H and O–H groups in total. The van der Waals surface area contributed by atoms with Gasteiger partial charge < -0.3 is 15.5 Å². The zero-order valence-electron chi connectivity index (χ0n) is 17.0. The fourth-order valence-electron chi connectivity index (χ4n) is 4.84. The minimum absolute atomic E-state index is 0.0290. The molecule has 2 fully saturated rings. The van der Waals surface area contributed by atoms with E-state index in [0.717, 1.165) is 35.4 Å². The Bertz CT molecular complexity index is 897. The van der Waals surface area contributed by atoms with Crippen molar-refractivity contribution >= 4 is 35.0 Å². The molecule has 154 valence electrons. The largest absolute Gasteiger partial charge is 0.374 e. The smallest absolute Gasteiger partial charge is 0.243 e. The molecule has 2 aliphatic heterocycles. The third kappa shape index (κ3) is 3.35. The maximum atomic E-state index is 13.1. The monoisotopic (exact) mass is 413 g/mol. The summed E-state index contributed by atoms with van der Waals surface area (Å²) in [5.74, 6) is 0.202. The molecule has 29 heavy (non-hydrogen) atoms. The molecule has 1 aromatic carbocycles. The number of rotatable bonds is 4. The summed E-state index contributed by atoms with van der Waals surface area (Å²) in [5, 5.41) is 6.53. The summed E-state index contributed by atoms with van der Waals surface area (Å²) >= 11 is 1.59. The van der Waals surface area contributed by atoms with Gasteiger partial charge in [0.1, 0.15) is 6.04 Å². The van der Waals surface area contributed by atoms with Gasteiger partial charge >= 0.3 is 0 Å². The number of fused-ring (bicyclic) bond motifs is 1. The SMILES string of the molecule is CSCC1N/C(=C2/CCCC2=O)C([C@@H](C)C2C(=O)N(C)c3ccccc32)NC1=O. The Labute approximate surface area is 175 Å². The number of nitrogens with zero attached hydrogens (tertiary/aromatic N) is 1. The average molecular weight is 414 g/mol. The normalized spacial score (nSPS) is 30.2. The highest BCUT2D eigenvalue weighted by atomic mass is 32.2. The van der Waals surface area contributed by atoms with E-state index in [1.165, 1.54) is 0 Å². The number of Topliss-reactive ketones (excluding diaryl/α,β-unsaturated/α-hetero) is 1. The van der Waals surface area contributed by atoms with Crippen LogP contribution in [-0.4, -0.2) is 48.7 Å². The molecule has 2 amide bonds. The number of carbonyl (C=O) groups excluding carboxylic acids is 3. The molecule has 4 atom stereocenters. The molecule has 1 saturated carbocycles. The predicted molar refractivity (Wildman–Crippen MR) is 115 cm³/mol. The maximum Gasteiger partial charge on any atom is 0.243 e. The Balaban J connectivity index is 1.73. The van der Waals surface area contributed by atoms with Gasteiger partial charge in [-0.15, -0.1) is 0 Å². The van der Waals surface area contributed by atoms with Crippen LogP contribution in [0, 0.1) is 5.92 Å². The van der Waals surface area contributed by atoms with E-state index >= 15 is 0 Å². The molecular weight excluding hydrogens is 386 g/mol. The number of nitrogens with one attached hydrogen (secondary N) is 2. The second-order valence-corrected chi connectivity index (χ2v) is 9.01. The summed E-state index contributed by atoms with van der Waals surface area (Å²) in [4.78, 5) is 40.1. The first-order valence-electron chi connectivity index (χ1n) is 10.1. The van der Waals surface area contributed by atoms with Gasteiger partial charge in [-0.25, -0.2) is 0 Å². The number of amides is 2. The Morgan fingerprint density at radius 3 is 2.62 bits per heavy atom. The van der Waals surface area contributed by atoms with Crippen molar-refractivity contribution < 1.29 is 14.4 Å². The molecule has 0 bridgehead atoms. The predicted octanol–water partition coefficient (Wildman–Crippen LogP) is 2.21. The number of thioether (sulfide) groups is 1. The van der Waals surface area contributed by atoms with Gasteiger partial charge in [-0.2, -0.15) is 11.8 Å². The summed E-state index contributed by atoms with van der Waals surface area (Å²) in [6.07, 6.45) is 4.08. The van der Waals surface area contributed by atoms with Crippen molar-refractivity contribution in [2.75, 3.05) is 24.0 Å². The van der Waals surface area contributed by atoms with Gasteiger partial charge in [0, 0.05) is 36.2 Å². The summed E-state index contributed by atoms with van der Waals surface area (Å²) in [6, 6.07) is 7.06. The van der Waals surface area contributed by atoms with Crippen LogP contribution in [0.4, 0.5) is 5.69 Å². The van der Waals surface area contributed by atoms with Crippen molar-refractivity contribution in [3.05, 3.63) is 41.1 Å². The first-order valence-corrected chi connectivity index (χ1v) is 11.5. The van der Waals surface area contributed by atoms with Crippen LogP contribution in [0.3, 0.4) is 0 Å². The maximum absolute atomic E-state index is 13.1. The second-order valence-electron chi connectivity index (χ2n) is 8.10. The highest BCUT2D eigenvalue weighted by molar-refractivity contribution is 7.98. The fourth-order valence-corrected chi connectivity index (χ4v) is 5.41. The van der Waals surface area contributed by atoms with E-state index in [4.69, 9.17) is 0 Å². The third-order valence-corrected chi connectivity index (χ3v) is 7.03. The number of likely N-dealkylation sites (N-methyl/N-ethyl adjacent to an activating group) is 1. The molecule has 6 nitrogen and oxygen atoms in total. The first-order chi connectivity index (χ1) is 13.9. The van der Waals surface area contributed by atoms with Crippen molar-refractivity contribution in [1.29, 1.82) is 0 Å². The van der Waals surface area contributed by atoms with Crippen LogP contribution < -0.4 is 15.5 Å². The lowest BCUT2D eigenvalue weighted by atomic mass is 9.80. The number of para-hydroxylation sites is 1. The first kappa shape index (κ1) is 20.0. The van der Waals surface area contributed by atoms with Gasteiger partial charge in [0.05, 0.1) is 12.0 Å². The highest BCUT2D eigenvalue weighted by Crippen LogP contribution is 2.43. The fraction of sp³-hybridized carbons (Fsp3) is 0.500. The minimum atomic E-state index is -0.383. The van der Waals surface area contributed by atoms with Crippen molar-refractivity contribution in [2.24, 2.45) is 5.92 Å². The van der Waals surface area contributed by atoms with Gasteiger partial charge in [0.2, 0.25) is 11.8 Å². The lowest BCUT2D eigenvalue weighted by Crippen LogP contribution is -2.60. The quantitative estimate of drug-likeness (QED) is 0.740. The molecule has 1 aromatic rings. The molecule has 3 unspecified atom stereocenters. The molecule has 4 rings (SSSR count). The van der Waals surface area contributed by atoms with Crippen molar-refractivity contribution in [3.63, 3.8) is 0 Å². The number of hydrogen-bond donors (Lipinski definition) is 2. The van der Waals surface area contributed by atoms with Crippen molar-refractivity contribution in [3.8, 4) is 0 Å². The molecule has 7 heteroatoms. The van der Waals surface area contributed by atoms with Gasteiger partial charge in [0.15, 0.2) is 5.78 Å². The summed E-state index contributed by atoms with van der Waals surface area (Å²) in [5.41, 5.74) is 3.50. The van der Waals surface area contributed by atoms with Gasteiger partial charge in [0.25, 0.3) is 0 Å². The molecule has 2 heterocycles. The zero-order chi connectivity index (χ0) is 20.7. The van der Waals surface area contributed by atoms with Crippen molar-refractivity contribution in [2.45, 2.75) is 44.2 Å². The summed E-state index contributed by atoms with van der Waals surface area (Å²) in [6.45, 7) is 2.00. The lowest BCUT2D eigenvalue weighted by Gasteiger charge is -2.39. The van der Waals surface area contributed by atoms with Crippen LogP contribution in [0.1, 0.15) is 37.7 Å². The van der Waals surface area contributed by atoms with E-state index in [1.54, 1.807) is 23.7 Å². The number of piperazine rings is 1. The topological polar surface area (TPSA) is 78.5 Å². The molecule has 3 aliphatic rings. The Morgan fingerprint density at radius 2 is 1.93 bits per heavy atom. The van der Waals surface area contributed by atoms with E-state index in [1.807, 2.05) is 37.4 Å². The van der Waals surface area contributed by atoms with E-state index in [0.29, 0.717) is 12.2 Å². The Hall–Kier alpha value is -2.28. The van der Waals surface area contributed by atoms with E-state index in [2.05, 4.69) is 10.6 Å². The number of carbonyl (C=O) groups is 3. The number of ketones is 1. The highest BCUT2D eigenvalue weighted by Gasteiger charge is 2.45. The van der Waals surface area contributed by atoms with Crippen LogP contribution in [0.15, 0.2) is 35.5 Å². The van der Waals surface area contributed by atoms with Crippen LogP contribution in [0.25, 0.3) is 0 Å². The molecule has 0 spiro atoms. The standard InChI is InChI=1S/C22H27N3O3S/c1-12(18-13-7-4-5-9-16(13)25(2)22(18)28)19-20(14-8-6-10-17(14)26)23-15(11-29-3)21(27)24-19/h4-5,7,9,12,15,18-19,23H,6,8,10-11H2,1-3H3,(H,24,27)/b20-14-/t12-,15?,18?,19?/m0/s1. The van der Waals surface area contributed by atoms with Gasteiger partial charge in [-0.1, -0.05) is 25.1 Å².